The lowest BCUT2D eigenvalue weighted by molar-refractivity contribution is -0.144. The molecule has 0 radical (unpaired) electrons. The number of rotatable bonds is 5. The van der Waals surface area contributed by atoms with Crippen molar-refractivity contribution in [1.82, 2.24) is 16.0 Å². The zero-order valence-corrected chi connectivity index (χ0v) is 18.6. The normalized spacial score (nSPS) is 24.9. The average Bonchev–Trinajstić information content (AvgIpc) is 2.73. The minimum Gasteiger partial charge on any atom is -0.353 e. The molecule has 5 N–H and O–H groups in total. The van der Waals surface area contributed by atoms with Crippen LogP contribution in [-0.4, -0.2) is 30.2 Å². The number of hydrogen-bond acceptors (Lipinski definition) is 5. The average molecular weight is 456 g/mol. The highest BCUT2D eigenvalue weighted by Gasteiger charge is 2.48. The summed E-state index contributed by atoms with van der Waals surface area (Å²) >= 11 is 6.02. The van der Waals surface area contributed by atoms with Gasteiger partial charge in [-0.25, -0.2) is 0 Å². The lowest BCUT2D eigenvalue weighted by atomic mass is 9.81. The molecule has 3 amide bonds. The summed E-state index contributed by atoms with van der Waals surface area (Å²) < 4.78 is 0. The maximum atomic E-state index is 13.0. The molecule has 2 aromatic carbocycles. The maximum absolute atomic E-state index is 13.0. The third kappa shape index (κ3) is 4.87. The van der Waals surface area contributed by atoms with E-state index in [1.807, 2.05) is 30.3 Å². The Morgan fingerprint density at radius 1 is 1.06 bits per heavy atom. The molecule has 4 rings (SSSR count). The quantitative estimate of drug-likeness (QED) is 0.476. The molecule has 2 heterocycles. The molecular weight excluding hydrogens is 430 g/mol. The summed E-state index contributed by atoms with van der Waals surface area (Å²) in [5.41, 5.74) is 2.50. The van der Waals surface area contributed by atoms with Gasteiger partial charge in [-0.3, -0.25) is 19.7 Å². The monoisotopic (exact) mass is 455 g/mol. The third-order valence-corrected chi connectivity index (χ3v) is 6.00. The molecule has 4 atom stereocenters. The van der Waals surface area contributed by atoms with E-state index in [0.29, 0.717) is 22.3 Å². The van der Waals surface area contributed by atoms with Gasteiger partial charge in [0.05, 0.1) is 18.0 Å². The fourth-order valence-electron chi connectivity index (χ4n) is 4.09. The van der Waals surface area contributed by atoms with Crippen molar-refractivity contribution in [1.29, 1.82) is 0 Å². The number of carbonyl (C=O) groups excluding carboxylic acids is 3. The highest BCUT2D eigenvalue weighted by Crippen LogP contribution is 2.28. The number of piperidine rings is 1. The molecule has 4 unspecified atom stereocenters. The van der Waals surface area contributed by atoms with Gasteiger partial charge in [-0.1, -0.05) is 43.6 Å². The van der Waals surface area contributed by atoms with E-state index in [9.17, 15) is 14.4 Å². The van der Waals surface area contributed by atoms with Crippen LogP contribution in [0.5, 0.6) is 0 Å². The highest BCUT2D eigenvalue weighted by atomic mass is 35.5. The van der Waals surface area contributed by atoms with Crippen molar-refractivity contribution in [2.45, 2.75) is 38.6 Å². The zero-order chi connectivity index (χ0) is 22.8. The molecule has 9 heteroatoms. The molecule has 0 spiro atoms. The van der Waals surface area contributed by atoms with Crippen molar-refractivity contribution in [3.05, 3.63) is 59.1 Å². The van der Waals surface area contributed by atoms with Gasteiger partial charge >= 0.3 is 0 Å². The lowest BCUT2D eigenvalue weighted by Gasteiger charge is -2.43. The number of amides is 3. The van der Waals surface area contributed by atoms with Gasteiger partial charge in [-0.15, -0.1) is 0 Å². The van der Waals surface area contributed by atoms with Crippen molar-refractivity contribution in [2.24, 2.45) is 11.8 Å². The third-order valence-electron chi connectivity index (χ3n) is 5.77. The van der Waals surface area contributed by atoms with Gasteiger partial charge in [-0.05, 0) is 41.8 Å². The molecular formula is C23H26ClN5O3. The van der Waals surface area contributed by atoms with Crippen molar-refractivity contribution in [3.63, 3.8) is 0 Å². The number of nitrogens with one attached hydrogen (secondary N) is 5. The summed E-state index contributed by atoms with van der Waals surface area (Å²) in [6.45, 7) is 4.19. The Bertz CT molecular complexity index is 1030. The number of halogens is 1. The SMILES string of the molecule is CC(C)c1ccc(NC(=O)C2CC(=O)NC3NC(Nc4cccc(Cl)c4)NC(=O)C32)cc1. The van der Waals surface area contributed by atoms with Gasteiger partial charge in [0.1, 0.15) is 0 Å². The second-order valence-electron chi connectivity index (χ2n) is 8.41. The Balaban J connectivity index is 1.46. The minimum absolute atomic E-state index is 0.0570. The number of fused-ring (bicyclic) bond motifs is 1. The Morgan fingerprint density at radius 3 is 2.50 bits per heavy atom. The van der Waals surface area contributed by atoms with Gasteiger partial charge in [0.2, 0.25) is 17.7 Å². The number of benzene rings is 2. The number of anilines is 2. The van der Waals surface area contributed by atoms with Crippen LogP contribution in [0.15, 0.2) is 48.5 Å². The van der Waals surface area contributed by atoms with E-state index in [4.69, 9.17) is 11.6 Å². The fourth-order valence-corrected chi connectivity index (χ4v) is 4.28. The van der Waals surface area contributed by atoms with E-state index >= 15 is 0 Å². The number of carbonyl (C=O) groups is 3. The topological polar surface area (TPSA) is 111 Å². The molecule has 0 saturated carbocycles. The largest absolute Gasteiger partial charge is 0.353 e. The summed E-state index contributed by atoms with van der Waals surface area (Å²) in [4.78, 5) is 38.3. The van der Waals surface area contributed by atoms with Crippen molar-refractivity contribution in [2.75, 3.05) is 10.6 Å². The van der Waals surface area contributed by atoms with Crippen LogP contribution in [0.3, 0.4) is 0 Å². The predicted octanol–water partition coefficient (Wildman–Crippen LogP) is 2.60. The van der Waals surface area contributed by atoms with Gasteiger partial charge in [0.15, 0.2) is 6.29 Å². The first-order valence-corrected chi connectivity index (χ1v) is 11.0. The molecule has 0 bridgehead atoms. The molecule has 0 aliphatic carbocycles. The van der Waals surface area contributed by atoms with Gasteiger partial charge in [0.25, 0.3) is 0 Å². The van der Waals surface area contributed by atoms with Gasteiger partial charge in [0, 0.05) is 22.8 Å². The molecule has 8 nitrogen and oxygen atoms in total. The molecule has 2 aromatic rings. The minimum atomic E-state index is -0.793. The van der Waals surface area contributed by atoms with E-state index < -0.39 is 24.3 Å². The van der Waals surface area contributed by atoms with Crippen LogP contribution in [0.2, 0.25) is 5.02 Å². The standard InChI is InChI=1S/C23H26ClN5O3/c1-12(2)13-6-8-15(9-7-13)25-21(31)17-11-18(30)27-20-19(17)22(32)29-23(28-20)26-16-5-3-4-14(24)10-16/h3-10,12,17,19-20,23,26,28H,11H2,1-2H3,(H,25,31)(H,27,30)(H,29,32). The summed E-state index contributed by atoms with van der Waals surface area (Å²) in [5, 5.41) is 15.3. The summed E-state index contributed by atoms with van der Waals surface area (Å²) in [7, 11) is 0. The molecule has 2 aliphatic heterocycles. The Kier molecular flexibility index (Phi) is 6.34. The molecule has 2 fully saturated rings. The van der Waals surface area contributed by atoms with E-state index in [1.165, 1.54) is 0 Å². The predicted molar refractivity (Wildman–Crippen MR) is 123 cm³/mol. The van der Waals surface area contributed by atoms with Crippen LogP contribution < -0.4 is 26.6 Å². The number of hydrogen-bond donors (Lipinski definition) is 5. The van der Waals surface area contributed by atoms with E-state index in [0.717, 1.165) is 5.56 Å². The molecule has 2 saturated heterocycles. The first kappa shape index (κ1) is 22.1. The molecule has 0 aromatic heterocycles. The second-order valence-corrected chi connectivity index (χ2v) is 8.85. The van der Waals surface area contributed by atoms with Crippen LogP contribution in [0.4, 0.5) is 11.4 Å². The smallest absolute Gasteiger partial charge is 0.229 e. The summed E-state index contributed by atoms with van der Waals surface area (Å²) in [6, 6.07) is 14.6. The zero-order valence-electron chi connectivity index (χ0n) is 17.8. The van der Waals surface area contributed by atoms with Crippen molar-refractivity contribution >= 4 is 40.7 Å². The summed E-state index contributed by atoms with van der Waals surface area (Å²) in [5.74, 6) is -2.11. The molecule has 168 valence electrons. The second kappa shape index (κ2) is 9.18. The van der Waals surface area contributed by atoms with E-state index in [1.54, 1.807) is 18.2 Å². The Hall–Kier alpha value is -3.10. The molecule has 2 aliphatic rings. The summed E-state index contributed by atoms with van der Waals surface area (Å²) in [6.07, 6.45) is -1.37. The van der Waals surface area contributed by atoms with Gasteiger partial charge < -0.3 is 21.3 Å². The Labute approximate surface area is 191 Å². The Morgan fingerprint density at radius 2 is 1.81 bits per heavy atom. The van der Waals surface area contributed by atoms with Crippen molar-refractivity contribution in [3.8, 4) is 0 Å². The first-order valence-electron chi connectivity index (χ1n) is 10.6. The van der Waals surface area contributed by atoms with Crippen LogP contribution in [0, 0.1) is 11.8 Å². The van der Waals surface area contributed by atoms with E-state index in [-0.39, 0.29) is 24.1 Å². The lowest BCUT2D eigenvalue weighted by Crippen LogP contribution is -2.72. The highest BCUT2D eigenvalue weighted by molar-refractivity contribution is 6.30. The van der Waals surface area contributed by atoms with Crippen LogP contribution in [0.25, 0.3) is 0 Å². The van der Waals surface area contributed by atoms with Crippen LogP contribution in [0.1, 0.15) is 31.7 Å². The maximum Gasteiger partial charge on any atom is 0.229 e. The van der Waals surface area contributed by atoms with E-state index in [2.05, 4.69) is 40.4 Å². The van der Waals surface area contributed by atoms with Crippen LogP contribution >= 0.6 is 11.6 Å². The van der Waals surface area contributed by atoms with Crippen LogP contribution in [-0.2, 0) is 14.4 Å². The molecule has 32 heavy (non-hydrogen) atoms. The first-order chi connectivity index (χ1) is 15.3. The van der Waals surface area contributed by atoms with Gasteiger partial charge in [-0.2, -0.15) is 0 Å². The fraction of sp³-hybridized carbons (Fsp3) is 0.348. The van der Waals surface area contributed by atoms with Crippen molar-refractivity contribution < 1.29 is 14.4 Å².